The highest BCUT2D eigenvalue weighted by molar-refractivity contribution is 9.10. The van der Waals surface area contributed by atoms with Crippen LogP contribution in [0.15, 0.2) is 40.9 Å². The van der Waals surface area contributed by atoms with Crippen molar-refractivity contribution < 1.29 is 14.3 Å². The summed E-state index contributed by atoms with van der Waals surface area (Å²) in [7, 11) is 0. The predicted octanol–water partition coefficient (Wildman–Crippen LogP) is 4.08. The minimum atomic E-state index is -0.243. The van der Waals surface area contributed by atoms with Gasteiger partial charge in [-0.25, -0.2) is 0 Å². The molecule has 0 saturated carbocycles. The average Bonchev–Trinajstić information content (AvgIpc) is 2.86. The van der Waals surface area contributed by atoms with E-state index >= 15 is 0 Å². The monoisotopic (exact) mass is 353 g/mol. The Bertz CT molecular complexity index is 690. The van der Waals surface area contributed by atoms with Crippen LogP contribution in [0.25, 0.3) is 0 Å². The molecule has 1 N–H and O–H groups in total. The van der Waals surface area contributed by atoms with E-state index in [1.54, 1.807) is 30.3 Å². The molecule has 0 saturated heterocycles. The Labute approximate surface area is 128 Å². The summed E-state index contributed by atoms with van der Waals surface area (Å²) in [5.74, 6) is 0.904. The van der Waals surface area contributed by atoms with Crippen LogP contribution >= 0.6 is 27.5 Å². The van der Waals surface area contributed by atoms with Gasteiger partial charge in [0, 0.05) is 22.2 Å². The predicted molar refractivity (Wildman–Crippen MR) is 79.7 cm³/mol. The zero-order chi connectivity index (χ0) is 14.1. The first-order valence-electron chi connectivity index (χ1n) is 5.79. The molecule has 1 aliphatic heterocycles. The quantitative estimate of drug-likeness (QED) is 0.884. The van der Waals surface area contributed by atoms with Gasteiger partial charge in [0.2, 0.25) is 6.79 Å². The molecule has 2 aromatic rings. The topological polar surface area (TPSA) is 47.6 Å². The number of hydrogen-bond acceptors (Lipinski definition) is 3. The molecule has 0 aliphatic carbocycles. The first-order chi connectivity index (χ1) is 9.63. The maximum Gasteiger partial charge on any atom is 0.255 e. The summed E-state index contributed by atoms with van der Waals surface area (Å²) in [6.07, 6.45) is 0. The second kappa shape index (κ2) is 5.34. The number of halogens is 2. The van der Waals surface area contributed by atoms with Gasteiger partial charge in [0.25, 0.3) is 5.91 Å². The van der Waals surface area contributed by atoms with Crippen molar-refractivity contribution in [2.75, 3.05) is 12.1 Å². The van der Waals surface area contributed by atoms with E-state index in [1.165, 1.54) is 0 Å². The van der Waals surface area contributed by atoms with E-state index in [9.17, 15) is 4.79 Å². The van der Waals surface area contributed by atoms with Crippen LogP contribution in [0.4, 0.5) is 5.69 Å². The molecule has 0 fully saturated rings. The molecule has 1 heterocycles. The molecular formula is C14H9BrClNO3. The Morgan fingerprint density at radius 1 is 1.20 bits per heavy atom. The van der Waals surface area contributed by atoms with Gasteiger partial charge in [0.1, 0.15) is 0 Å². The largest absolute Gasteiger partial charge is 0.454 e. The van der Waals surface area contributed by atoms with E-state index in [1.807, 2.05) is 6.07 Å². The Morgan fingerprint density at radius 2 is 1.95 bits per heavy atom. The van der Waals surface area contributed by atoms with Crippen LogP contribution in [-0.4, -0.2) is 12.7 Å². The molecule has 20 heavy (non-hydrogen) atoms. The highest BCUT2D eigenvalue weighted by atomic mass is 79.9. The molecule has 0 atom stereocenters. The number of fused-ring (bicyclic) bond motifs is 1. The zero-order valence-electron chi connectivity index (χ0n) is 10.2. The van der Waals surface area contributed by atoms with Gasteiger partial charge >= 0.3 is 0 Å². The van der Waals surface area contributed by atoms with Crippen LogP contribution in [0.2, 0.25) is 5.02 Å². The lowest BCUT2D eigenvalue weighted by Crippen LogP contribution is -2.12. The molecule has 6 heteroatoms. The number of carbonyl (C=O) groups excluding carboxylic acids is 1. The number of rotatable bonds is 2. The van der Waals surface area contributed by atoms with Crippen LogP contribution in [0, 0.1) is 0 Å². The van der Waals surface area contributed by atoms with E-state index < -0.39 is 0 Å². The van der Waals surface area contributed by atoms with Crippen molar-refractivity contribution in [3.63, 3.8) is 0 Å². The summed E-state index contributed by atoms with van der Waals surface area (Å²) >= 11 is 9.44. The second-order valence-electron chi connectivity index (χ2n) is 4.15. The third-order valence-corrected chi connectivity index (χ3v) is 3.60. The van der Waals surface area contributed by atoms with Crippen molar-refractivity contribution in [1.29, 1.82) is 0 Å². The summed E-state index contributed by atoms with van der Waals surface area (Å²) in [5.41, 5.74) is 1.02. The van der Waals surface area contributed by atoms with E-state index in [0.717, 1.165) is 4.47 Å². The number of ether oxygens (including phenoxy) is 2. The number of carbonyl (C=O) groups is 1. The summed E-state index contributed by atoms with van der Waals surface area (Å²) in [5, 5.41) is 3.16. The molecule has 0 aromatic heterocycles. The lowest BCUT2D eigenvalue weighted by molar-refractivity contribution is 0.102. The molecular weight excluding hydrogens is 346 g/mol. The number of benzene rings is 2. The zero-order valence-corrected chi connectivity index (χ0v) is 12.5. The second-order valence-corrected chi connectivity index (χ2v) is 5.47. The fourth-order valence-corrected chi connectivity index (χ4v) is 2.44. The van der Waals surface area contributed by atoms with Crippen molar-refractivity contribution >= 4 is 39.1 Å². The number of anilines is 1. The summed E-state index contributed by atoms with van der Waals surface area (Å²) < 4.78 is 11.3. The molecule has 102 valence electrons. The standard InChI is InChI=1S/C14H9BrClNO3/c15-9-3-1-2-8(4-9)14(18)17-11-6-13-12(5-10(11)16)19-7-20-13/h1-6H,7H2,(H,17,18). The van der Waals surface area contributed by atoms with Crippen LogP contribution in [-0.2, 0) is 0 Å². The number of hydrogen-bond donors (Lipinski definition) is 1. The van der Waals surface area contributed by atoms with E-state index in [2.05, 4.69) is 21.2 Å². The number of amides is 1. The lowest BCUT2D eigenvalue weighted by atomic mass is 10.2. The third-order valence-electron chi connectivity index (χ3n) is 2.80. The summed E-state index contributed by atoms with van der Waals surface area (Å²) in [6, 6.07) is 10.4. The van der Waals surface area contributed by atoms with Gasteiger partial charge < -0.3 is 14.8 Å². The molecule has 0 spiro atoms. The molecule has 0 unspecified atom stereocenters. The highest BCUT2D eigenvalue weighted by Gasteiger charge is 2.18. The first-order valence-corrected chi connectivity index (χ1v) is 6.96. The minimum absolute atomic E-state index is 0.161. The van der Waals surface area contributed by atoms with Gasteiger partial charge in [-0.2, -0.15) is 0 Å². The molecule has 0 bridgehead atoms. The molecule has 4 nitrogen and oxygen atoms in total. The van der Waals surface area contributed by atoms with Crippen LogP contribution < -0.4 is 14.8 Å². The Hall–Kier alpha value is -1.72. The van der Waals surface area contributed by atoms with Crippen molar-refractivity contribution in [2.45, 2.75) is 0 Å². The minimum Gasteiger partial charge on any atom is -0.454 e. The molecule has 3 rings (SSSR count). The van der Waals surface area contributed by atoms with Crippen molar-refractivity contribution in [3.8, 4) is 11.5 Å². The summed E-state index contributed by atoms with van der Waals surface area (Å²) in [6.45, 7) is 0.161. The SMILES string of the molecule is O=C(Nc1cc2c(cc1Cl)OCO2)c1cccc(Br)c1. The molecule has 1 amide bonds. The molecule has 2 aromatic carbocycles. The van der Waals surface area contributed by atoms with Crippen molar-refractivity contribution in [2.24, 2.45) is 0 Å². The number of nitrogens with one attached hydrogen (secondary N) is 1. The van der Waals surface area contributed by atoms with Crippen molar-refractivity contribution in [3.05, 3.63) is 51.5 Å². The van der Waals surface area contributed by atoms with E-state index in [-0.39, 0.29) is 12.7 Å². The smallest absolute Gasteiger partial charge is 0.255 e. The van der Waals surface area contributed by atoms with Gasteiger partial charge in [-0.15, -0.1) is 0 Å². The van der Waals surface area contributed by atoms with Crippen LogP contribution in [0.1, 0.15) is 10.4 Å². The Kier molecular flexibility index (Phi) is 3.54. The van der Waals surface area contributed by atoms with Crippen molar-refractivity contribution in [1.82, 2.24) is 0 Å². The van der Waals surface area contributed by atoms with E-state index in [4.69, 9.17) is 21.1 Å². The highest BCUT2D eigenvalue weighted by Crippen LogP contribution is 2.39. The normalized spacial score (nSPS) is 12.3. The Balaban J connectivity index is 1.86. The van der Waals surface area contributed by atoms with Gasteiger partial charge in [-0.3, -0.25) is 4.79 Å². The summed E-state index contributed by atoms with van der Waals surface area (Å²) in [4.78, 5) is 12.2. The maximum absolute atomic E-state index is 12.2. The average molecular weight is 355 g/mol. The first kappa shape index (κ1) is 13.3. The van der Waals surface area contributed by atoms with Gasteiger partial charge in [-0.05, 0) is 18.2 Å². The molecule has 1 aliphatic rings. The fourth-order valence-electron chi connectivity index (χ4n) is 1.84. The van der Waals surface area contributed by atoms with Crippen LogP contribution in [0.3, 0.4) is 0 Å². The van der Waals surface area contributed by atoms with E-state index in [0.29, 0.717) is 27.8 Å². The Morgan fingerprint density at radius 3 is 2.70 bits per heavy atom. The van der Waals surface area contributed by atoms with Gasteiger partial charge in [-0.1, -0.05) is 33.6 Å². The molecule has 0 radical (unpaired) electrons. The fraction of sp³-hybridized carbons (Fsp3) is 0.0714. The third kappa shape index (κ3) is 2.59. The van der Waals surface area contributed by atoms with Crippen LogP contribution in [0.5, 0.6) is 11.5 Å². The lowest BCUT2D eigenvalue weighted by Gasteiger charge is -2.08. The van der Waals surface area contributed by atoms with Gasteiger partial charge in [0.05, 0.1) is 10.7 Å². The maximum atomic E-state index is 12.2. The van der Waals surface area contributed by atoms with Gasteiger partial charge in [0.15, 0.2) is 11.5 Å².